The van der Waals surface area contributed by atoms with Gasteiger partial charge in [0.1, 0.15) is 0 Å². The SMILES string of the molecule is CCCCCCCCCCCCCCCC(=O)O.CCCCCCCCCCCCCCCC[N+](C)(C)C.[Cl-]. The first-order valence-corrected chi connectivity index (χ1v) is 17.4. The summed E-state index contributed by atoms with van der Waals surface area (Å²) in [6, 6.07) is 0. The summed E-state index contributed by atoms with van der Waals surface area (Å²) < 4.78 is 1.12. The third-order valence-corrected chi connectivity index (χ3v) is 7.68. The molecule has 0 spiro atoms. The summed E-state index contributed by atoms with van der Waals surface area (Å²) in [4.78, 5) is 10.3. The van der Waals surface area contributed by atoms with Gasteiger partial charge in [0.15, 0.2) is 0 Å². The molecule has 4 heteroatoms. The van der Waals surface area contributed by atoms with E-state index in [1.54, 1.807) is 0 Å². The lowest BCUT2D eigenvalue weighted by atomic mass is 10.0. The molecule has 0 aliphatic carbocycles. The summed E-state index contributed by atoms with van der Waals surface area (Å²) in [5.41, 5.74) is 0. The summed E-state index contributed by atoms with van der Waals surface area (Å²) in [5, 5.41) is 8.49. The number of hydrogen-bond donors (Lipinski definition) is 1. The van der Waals surface area contributed by atoms with E-state index >= 15 is 0 Å². The standard InChI is InChI=1S/C19H42N.C16H32O2.ClH/c1-5-6-7-8-9-10-11-12-13-14-15-16-17-18-19-20(2,3)4;1-2-3-4-5-6-7-8-9-10-11-12-13-14-15-16(17)18;/h5-19H2,1-4H3;2-15H2,1H3,(H,17,18);1H/q+1;;/p-1. The maximum Gasteiger partial charge on any atom is 0.303 e. The predicted molar refractivity (Wildman–Crippen MR) is 171 cm³/mol. The minimum absolute atomic E-state index is 0. The Balaban J connectivity index is -0.000000651. The van der Waals surface area contributed by atoms with Crippen LogP contribution in [0.15, 0.2) is 0 Å². The van der Waals surface area contributed by atoms with Crippen molar-refractivity contribution in [2.75, 3.05) is 27.7 Å². The van der Waals surface area contributed by atoms with Gasteiger partial charge < -0.3 is 22.0 Å². The van der Waals surface area contributed by atoms with E-state index in [0.29, 0.717) is 6.42 Å². The minimum Gasteiger partial charge on any atom is -1.00 e. The average Bonchev–Trinajstić information content (AvgIpc) is 2.86. The topological polar surface area (TPSA) is 37.3 Å². The Morgan fingerprint density at radius 3 is 0.897 bits per heavy atom. The molecule has 0 saturated heterocycles. The Labute approximate surface area is 253 Å². The molecule has 0 fully saturated rings. The molecule has 0 unspecified atom stereocenters. The fourth-order valence-corrected chi connectivity index (χ4v) is 5.07. The molecule has 3 nitrogen and oxygen atoms in total. The number of unbranched alkanes of at least 4 members (excludes halogenated alkanes) is 25. The van der Waals surface area contributed by atoms with Gasteiger partial charge in [-0.25, -0.2) is 0 Å². The van der Waals surface area contributed by atoms with Crippen molar-refractivity contribution < 1.29 is 26.8 Å². The highest BCUT2D eigenvalue weighted by molar-refractivity contribution is 5.66. The maximum atomic E-state index is 10.3. The zero-order valence-corrected chi connectivity index (χ0v) is 28.4. The van der Waals surface area contributed by atoms with E-state index in [1.165, 1.54) is 167 Å². The average molecular weight is 576 g/mol. The van der Waals surface area contributed by atoms with Crippen molar-refractivity contribution >= 4 is 5.97 Å². The van der Waals surface area contributed by atoms with Crippen LogP contribution in [0.4, 0.5) is 0 Å². The van der Waals surface area contributed by atoms with Gasteiger partial charge in [-0.1, -0.05) is 168 Å². The molecular weight excluding hydrogens is 502 g/mol. The number of quaternary nitrogens is 1. The molecule has 0 rings (SSSR count). The summed E-state index contributed by atoms with van der Waals surface area (Å²) in [5.74, 6) is -0.655. The normalized spacial score (nSPS) is 11.1. The van der Waals surface area contributed by atoms with Gasteiger partial charge in [0.05, 0.1) is 27.7 Å². The molecule has 0 aromatic carbocycles. The van der Waals surface area contributed by atoms with Crippen LogP contribution < -0.4 is 12.4 Å². The lowest BCUT2D eigenvalue weighted by Gasteiger charge is -2.23. The number of aliphatic carboxylic acids is 1. The molecule has 0 amide bonds. The smallest absolute Gasteiger partial charge is 0.303 e. The molecule has 0 aromatic heterocycles. The van der Waals surface area contributed by atoms with Crippen LogP contribution in [-0.2, 0) is 4.79 Å². The van der Waals surface area contributed by atoms with Gasteiger partial charge in [-0.2, -0.15) is 0 Å². The first-order chi connectivity index (χ1) is 18.3. The molecule has 238 valence electrons. The quantitative estimate of drug-likeness (QED) is 0.0715. The molecular formula is C35H74ClNO2. The maximum absolute atomic E-state index is 10.3. The van der Waals surface area contributed by atoms with Crippen LogP contribution in [0.3, 0.4) is 0 Å². The summed E-state index contributed by atoms with van der Waals surface area (Å²) >= 11 is 0. The lowest BCUT2D eigenvalue weighted by Crippen LogP contribution is -3.00. The number of carboxylic acid groups (broad SMARTS) is 1. The van der Waals surface area contributed by atoms with Crippen molar-refractivity contribution in [1.82, 2.24) is 0 Å². The highest BCUT2D eigenvalue weighted by Crippen LogP contribution is 2.14. The van der Waals surface area contributed by atoms with Crippen molar-refractivity contribution in [3.05, 3.63) is 0 Å². The molecule has 1 N–H and O–H groups in total. The van der Waals surface area contributed by atoms with Crippen LogP contribution in [0.5, 0.6) is 0 Å². The van der Waals surface area contributed by atoms with E-state index in [4.69, 9.17) is 5.11 Å². The van der Waals surface area contributed by atoms with Crippen molar-refractivity contribution in [2.45, 2.75) is 194 Å². The van der Waals surface area contributed by atoms with Crippen LogP contribution in [0.25, 0.3) is 0 Å². The highest BCUT2D eigenvalue weighted by atomic mass is 35.5. The minimum atomic E-state index is -0.655. The predicted octanol–water partition coefficient (Wildman–Crippen LogP) is 8.73. The Morgan fingerprint density at radius 1 is 0.436 bits per heavy atom. The van der Waals surface area contributed by atoms with Gasteiger partial charge in [0.25, 0.3) is 0 Å². The number of rotatable bonds is 29. The fourth-order valence-electron chi connectivity index (χ4n) is 5.07. The first kappa shape index (κ1) is 43.2. The van der Waals surface area contributed by atoms with Gasteiger partial charge in [0, 0.05) is 6.42 Å². The fraction of sp³-hybridized carbons (Fsp3) is 0.971. The molecule has 0 aromatic rings. The molecule has 0 radical (unpaired) electrons. The second-order valence-electron chi connectivity index (χ2n) is 13.0. The number of hydrogen-bond acceptors (Lipinski definition) is 1. The zero-order valence-electron chi connectivity index (χ0n) is 27.7. The summed E-state index contributed by atoms with van der Waals surface area (Å²) in [7, 11) is 6.88. The van der Waals surface area contributed by atoms with E-state index in [-0.39, 0.29) is 12.4 Å². The van der Waals surface area contributed by atoms with Crippen LogP contribution in [-0.4, -0.2) is 43.2 Å². The van der Waals surface area contributed by atoms with Crippen LogP contribution >= 0.6 is 0 Å². The summed E-state index contributed by atoms with van der Waals surface area (Å²) in [6.07, 6.45) is 37.6. The number of halogens is 1. The van der Waals surface area contributed by atoms with Gasteiger partial charge in [-0.15, -0.1) is 0 Å². The van der Waals surface area contributed by atoms with Gasteiger partial charge in [-0.3, -0.25) is 4.79 Å². The summed E-state index contributed by atoms with van der Waals surface area (Å²) in [6.45, 7) is 5.89. The van der Waals surface area contributed by atoms with E-state index in [1.807, 2.05) is 0 Å². The largest absolute Gasteiger partial charge is 1.00 e. The van der Waals surface area contributed by atoms with Gasteiger partial charge in [-0.05, 0) is 19.3 Å². The highest BCUT2D eigenvalue weighted by Gasteiger charge is 2.05. The number of carboxylic acids is 1. The third-order valence-electron chi connectivity index (χ3n) is 7.68. The molecule has 0 atom stereocenters. The van der Waals surface area contributed by atoms with Crippen LogP contribution in [0.1, 0.15) is 194 Å². The van der Waals surface area contributed by atoms with Crippen molar-refractivity contribution in [3.8, 4) is 0 Å². The van der Waals surface area contributed by atoms with E-state index in [2.05, 4.69) is 35.0 Å². The Bertz CT molecular complexity index is 450. The molecule has 0 aliphatic heterocycles. The van der Waals surface area contributed by atoms with Crippen LogP contribution in [0, 0.1) is 0 Å². The molecule has 0 aliphatic rings. The van der Waals surface area contributed by atoms with E-state index in [0.717, 1.165) is 17.3 Å². The van der Waals surface area contributed by atoms with Crippen molar-refractivity contribution in [3.63, 3.8) is 0 Å². The molecule has 0 saturated carbocycles. The van der Waals surface area contributed by atoms with E-state index in [9.17, 15) is 4.79 Å². The molecule has 39 heavy (non-hydrogen) atoms. The Morgan fingerprint density at radius 2 is 0.667 bits per heavy atom. The monoisotopic (exact) mass is 576 g/mol. The van der Waals surface area contributed by atoms with E-state index < -0.39 is 5.97 Å². The Kier molecular flexibility index (Phi) is 39.6. The second-order valence-corrected chi connectivity index (χ2v) is 13.0. The number of carbonyl (C=O) groups is 1. The second kappa shape index (κ2) is 35.7. The van der Waals surface area contributed by atoms with Gasteiger partial charge >= 0.3 is 5.97 Å². The number of nitrogens with zero attached hydrogens (tertiary/aromatic N) is 1. The van der Waals surface area contributed by atoms with Crippen molar-refractivity contribution in [1.29, 1.82) is 0 Å². The zero-order chi connectivity index (χ0) is 28.6. The van der Waals surface area contributed by atoms with Crippen LogP contribution in [0.2, 0.25) is 0 Å². The van der Waals surface area contributed by atoms with Gasteiger partial charge in [0.2, 0.25) is 0 Å². The first-order valence-electron chi connectivity index (χ1n) is 17.4. The molecule has 0 heterocycles. The lowest BCUT2D eigenvalue weighted by molar-refractivity contribution is -0.870. The Hall–Kier alpha value is -0.280. The third kappa shape index (κ3) is 47.8. The molecule has 0 bridgehead atoms. The van der Waals surface area contributed by atoms with Crippen molar-refractivity contribution in [2.24, 2.45) is 0 Å².